The third kappa shape index (κ3) is 3.77. The van der Waals surface area contributed by atoms with Gasteiger partial charge < -0.3 is 0 Å². The van der Waals surface area contributed by atoms with E-state index >= 15 is 0 Å². The van der Waals surface area contributed by atoms with E-state index in [4.69, 9.17) is 0 Å². The van der Waals surface area contributed by atoms with Crippen LogP contribution in [0.25, 0.3) is 0 Å². The van der Waals surface area contributed by atoms with Crippen molar-refractivity contribution in [1.29, 1.82) is 0 Å². The topological polar surface area (TPSA) is 0 Å². The molecule has 0 saturated heterocycles. The van der Waals surface area contributed by atoms with Gasteiger partial charge in [0, 0.05) is 0 Å². The minimum absolute atomic E-state index is 0.750. The quantitative estimate of drug-likeness (QED) is 0.415. The van der Waals surface area contributed by atoms with E-state index < -0.39 is 22.8 Å². The van der Waals surface area contributed by atoms with Crippen LogP contribution in [0.5, 0.6) is 0 Å². The van der Waals surface area contributed by atoms with Crippen LogP contribution in [-0.4, -0.2) is 3.21 Å². The summed E-state index contributed by atoms with van der Waals surface area (Å²) in [6.07, 6.45) is 22.5. The zero-order valence-corrected chi connectivity index (χ0v) is 21.1. The van der Waals surface area contributed by atoms with Crippen LogP contribution in [-0.2, 0) is 22.8 Å². The van der Waals surface area contributed by atoms with Crippen LogP contribution in [0.3, 0.4) is 0 Å². The van der Waals surface area contributed by atoms with Gasteiger partial charge in [0.1, 0.15) is 0 Å². The number of rotatable bonds is 4. The summed E-state index contributed by atoms with van der Waals surface area (Å²) in [5.41, 5.74) is 4.67. The summed E-state index contributed by atoms with van der Waals surface area (Å²) in [4.78, 5) is 0. The third-order valence-corrected chi connectivity index (χ3v) is 13.1. The molecule has 2 aromatic rings. The Hall–Kier alpha value is -1.85. The van der Waals surface area contributed by atoms with Gasteiger partial charge in [0.05, 0.1) is 0 Å². The second kappa shape index (κ2) is 9.19. The van der Waals surface area contributed by atoms with E-state index in [1.165, 1.54) is 36.8 Å². The molecule has 6 atom stereocenters. The second-order valence-corrected chi connectivity index (χ2v) is 13.4. The monoisotopic (exact) mass is 493 g/mol. The van der Waals surface area contributed by atoms with Gasteiger partial charge >= 0.3 is 205 Å². The van der Waals surface area contributed by atoms with E-state index in [-0.39, 0.29) is 0 Å². The van der Waals surface area contributed by atoms with E-state index in [9.17, 15) is 0 Å². The fraction of sp³-hybridized carbons (Fsp3) is 0.323. The molecule has 0 aromatic heterocycles. The molecular formula is C31H31Zr. The van der Waals surface area contributed by atoms with Gasteiger partial charge in [-0.05, 0) is 0 Å². The van der Waals surface area contributed by atoms with Gasteiger partial charge in [-0.2, -0.15) is 0 Å². The molecule has 159 valence electrons. The first-order valence-electron chi connectivity index (χ1n) is 12.3. The van der Waals surface area contributed by atoms with Crippen LogP contribution in [0.15, 0.2) is 109 Å². The maximum atomic E-state index is 2.60. The van der Waals surface area contributed by atoms with E-state index in [1.807, 2.05) is 0 Å². The Kier molecular flexibility index (Phi) is 5.95. The number of hydrogen-bond donors (Lipinski definition) is 0. The average Bonchev–Trinajstić information content (AvgIpc) is 3.51. The molecular weight excluding hydrogens is 464 g/mol. The molecule has 0 N–H and O–H groups in total. The molecule has 6 unspecified atom stereocenters. The molecule has 2 fully saturated rings. The standard InChI is InChI=1S/C18H21.C13H10.Zr/c1-2-7-13(6-1)15-10-5-11-17-16-9-4-3-8-14(16)12-18(15)17;1-3-7-12(8-4-1)11-13-9-5-2-6-10-13;/h1-4,6,8-9,12,14-18H,5,7,10-11H2;1-10H;. The normalized spacial score (nSPS) is 32.2. The zero-order chi connectivity index (χ0) is 21.3. The molecule has 0 nitrogen and oxygen atoms in total. The maximum absolute atomic E-state index is 2.60. The SMILES string of the molecule is C1=CCC(C2CCCC3C4C=CC=CC4[CH]([Zr]=[C](c4ccccc4)c4ccccc4)C23)=C1. The van der Waals surface area contributed by atoms with Crippen molar-refractivity contribution in [3.05, 3.63) is 120 Å². The second-order valence-electron chi connectivity index (χ2n) is 9.85. The summed E-state index contributed by atoms with van der Waals surface area (Å²) in [5, 5.41) is 0. The van der Waals surface area contributed by atoms with Crippen molar-refractivity contribution >= 4 is 3.21 Å². The summed E-state index contributed by atoms with van der Waals surface area (Å²) < 4.78 is 2.57. The molecule has 1 heteroatoms. The van der Waals surface area contributed by atoms with Gasteiger partial charge in [-0.15, -0.1) is 0 Å². The van der Waals surface area contributed by atoms with Crippen LogP contribution in [0, 0.1) is 29.6 Å². The van der Waals surface area contributed by atoms with Crippen molar-refractivity contribution in [3.8, 4) is 0 Å². The molecule has 0 heterocycles. The van der Waals surface area contributed by atoms with Gasteiger partial charge in [0.15, 0.2) is 0 Å². The Balaban J connectivity index is 1.48. The Bertz CT molecular complexity index is 1060. The van der Waals surface area contributed by atoms with Crippen LogP contribution in [0.1, 0.15) is 36.8 Å². The molecule has 6 rings (SSSR count). The number of benzene rings is 2. The molecule has 4 aliphatic carbocycles. The van der Waals surface area contributed by atoms with E-state index in [0.29, 0.717) is 0 Å². The van der Waals surface area contributed by atoms with Gasteiger partial charge in [0.2, 0.25) is 0 Å². The molecule has 0 spiro atoms. The first-order chi connectivity index (χ1) is 15.9. The summed E-state index contributed by atoms with van der Waals surface area (Å²) in [6, 6.07) is 22.6. The Morgan fingerprint density at radius 2 is 1.44 bits per heavy atom. The first kappa shape index (κ1) is 20.7. The molecule has 0 aliphatic heterocycles. The van der Waals surface area contributed by atoms with Crippen molar-refractivity contribution in [3.63, 3.8) is 0 Å². The van der Waals surface area contributed by atoms with Crippen molar-refractivity contribution in [2.45, 2.75) is 29.3 Å². The van der Waals surface area contributed by atoms with Crippen LogP contribution in [0.4, 0.5) is 0 Å². The molecule has 0 bridgehead atoms. The van der Waals surface area contributed by atoms with Crippen molar-refractivity contribution in [1.82, 2.24) is 0 Å². The molecule has 2 saturated carbocycles. The fourth-order valence-corrected chi connectivity index (χ4v) is 12.4. The fourth-order valence-electron chi connectivity index (χ4n) is 6.98. The zero-order valence-electron chi connectivity index (χ0n) is 18.6. The number of allylic oxidation sites excluding steroid dienone is 8. The van der Waals surface area contributed by atoms with Crippen LogP contribution >= 0.6 is 0 Å². The van der Waals surface area contributed by atoms with Gasteiger partial charge in [0.25, 0.3) is 0 Å². The van der Waals surface area contributed by atoms with Crippen LogP contribution < -0.4 is 0 Å². The third-order valence-electron chi connectivity index (χ3n) is 8.27. The van der Waals surface area contributed by atoms with Crippen molar-refractivity contribution in [2.24, 2.45) is 29.6 Å². The summed E-state index contributed by atoms with van der Waals surface area (Å²) in [7, 11) is 0. The minimum atomic E-state index is -0.876. The van der Waals surface area contributed by atoms with E-state index in [0.717, 1.165) is 33.2 Å². The predicted octanol–water partition coefficient (Wildman–Crippen LogP) is 7.42. The van der Waals surface area contributed by atoms with E-state index in [2.05, 4.69) is 103 Å². The molecule has 0 radical (unpaired) electrons. The molecule has 0 amide bonds. The number of fused-ring (bicyclic) bond motifs is 3. The predicted molar refractivity (Wildman–Crippen MR) is 131 cm³/mol. The van der Waals surface area contributed by atoms with Gasteiger partial charge in [-0.1, -0.05) is 0 Å². The average molecular weight is 495 g/mol. The Labute approximate surface area is 203 Å². The Morgan fingerprint density at radius 1 is 0.750 bits per heavy atom. The summed E-state index contributed by atoms with van der Waals surface area (Å²) >= 11 is -0.876. The van der Waals surface area contributed by atoms with E-state index in [1.54, 1.807) is 8.78 Å². The van der Waals surface area contributed by atoms with Crippen molar-refractivity contribution < 1.29 is 22.8 Å². The molecule has 32 heavy (non-hydrogen) atoms. The van der Waals surface area contributed by atoms with Crippen molar-refractivity contribution in [2.75, 3.05) is 0 Å². The first-order valence-corrected chi connectivity index (χ1v) is 15.0. The Morgan fingerprint density at radius 3 is 2.09 bits per heavy atom. The van der Waals surface area contributed by atoms with Gasteiger partial charge in [-0.25, -0.2) is 0 Å². The van der Waals surface area contributed by atoms with Gasteiger partial charge in [-0.3, -0.25) is 0 Å². The number of hydrogen-bond acceptors (Lipinski definition) is 0. The summed E-state index contributed by atoms with van der Waals surface area (Å²) in [6.45, 7) is 0. The van der Waals surface area contributed by atoms with Crippen LogP contribution in [0.2, 0.25) is 3.63 Å². The molecule has 2 aromatic carbocycles. The summed E-state index contributed by atoms with van der Waals surface area (Å²) in [5.74, 6) is 4.06. The molecule has 4 aliphatic rings.